The lowest BCUT2D eigenvalue weighted by atomic mass is 10.1. The number of nitrogens with two attached hydrogens (primary N) is 1. The third kappa shape index (κ3) is 3.37. The molecule has 3 rings (SSSR count). The number of rotatable bonds is 2. The minimum absolute atomic E-state index is 0.102. The maximum absolute atomic E-state index is 12.2. The Morgan fingerprint density at radius 3 is 2.24 bits per heavy atom. The molecule has 0 aliphatic heterocycles. The van der Waals surface area contributed by atoms with Crippen molar-refractivity contribution in [1.29, 1.82) is 0 Å². The first-order valence-electron chi connectivity index (χ1n) is 7.65. The van der Waals surface area contributed by atoms with Gasteiger partial charge in [-0.2, -0.15) is 0 Å². The molecule has 0 aromatic heterocycles. The molecule has 0 unspecified atom stereocenters. The average molecular weight is 335 g/mol. The van der Waals surface area contributed by atoms with Gasteiger partial charge in [0.2, 0.25) is 0 Å². The Hall–Kier alpha value is -3.54. The van der Waals surface area contributed by atoms with Crippen LogP contribution in [0.15, 0.2) is 54.6 Å². The van der Waals surface area contributed by atoms with E-state index in [1.54, 1.807) is 54.6 Å². The zero-order chi connectivity index (χ0) is 18.0. The van der Waals surface area contributed by atoms with Gasteiger partial charge in [0.25, 0.3) is 0 Å². The average Bonchev–Trinajstić information content (AvgIpc) is 2.58. The predicted octanol–water partition coefficient (Wildman–Crippen LogP) is 3.01. The Bertz CT molecular complexity index is 983. The summed E-state index contributed by atoms with van der Waals surface area (Å²) in [6.45, 7) is 1.88. The Kier molecular flexibility index (Phi) is 4.26. The zero-order valence-corrected chi connectivity index (χ0v) is 13.5. The van der Waals surface area contributed by atoms with Crippen molar-refractivity contribution < 1.29 is 14.7 Å². The smallest absolute Gasteiger partial charge is 0.314 e. The summed E-state index contributed by atoms with van der Waals surface area (Å²) in [6, 6.07) is 15.2. The van der Waals surface area contributed by atoms with E-state index in [2.05, 4.69) is 10.6 Å². The quantitative estimate of drug-likeness (QED) is 0.427. The molecule has 0 fully saturated rings. The highest BCUT2D eigenvalue weighted by molar-refractivity contribution is 6.44. The molecule has 0 radical (unpaired) electrons. The molecular weight excluding hydrogens is 318 g/mol. The Balaban J connectivity index is 1.80. The van der Waals surface area contributed by atoms with Crippen LogP contribution >= 0.6 is 0 Å². The number of amides is 2. The van der Waals surface area contributed by atoms with Crippen molar-refractivity contribution in [3.05, 3.63) is 60.2 Å². The molecule has 25 heavy (non-hydrogen) atoms. The zero-order valence-electron chi connectivity index (χ0n) is 13.5. The molecule has 0 bridgehead atoms. The van der Waals surface area contributed by atoms with Crippen molar-refractivity contribution in [1.82, 2.24) is 0 Å². The molecule has 6 nitrogen and oxygen atoms in total. The van der Waals surface area contributed by atoms with Gasteiger partial charge in [-0.1, -0.05) is 30.3 Å². The SMILES string of the molecule is Cc1ccc(NC(=O)C(=O)Nc2cccc3c(O)cccc23)c(N)c1. The van der Waals surface area contributed by atoms with Crippen molar-refractivity contribution in [2.75, 3.05) is 16.4 Å². The fourth-order valence-electron chi connectivity index (χ4n) is 2.56. The number of carbonyl (C=O) groups excluding carboxylic acids is 2. The van der Waals surface area contributed by atoms with Crippen LogP contribution in [0.2, 0.25) is 0 Å². The number of phenols is 1. The maximum Gasteiger partial charge on any atom is 0.314 e. The van der Waals surface area contributed by atoms with Crippen LogP contribution in [0, 0.1) is 6.92 Å². The number of nitrogens with one attached hydrogen (secondary N) is 2. The molecule has 0 saturated carbocycles. The van der Waals surface area contributed by atoms with Crippen molar-refractivity contribution in [2.45, 2.75) is 6.92 Å². The number of hydrogen-bond donors (Lipinski definition) is 4. The highest BCUT2D eigenvalue weighted by Gasteiger charge is 2.16. The van der Waals surface area contributed by atoms with E-state index in [-0.39, 0.29) is 5.75 Å². The highest BCUT2D eigenvalue weighted by atomic mass is 16.3. The van der Waals surface area contributed by atoms with Crippen molar-refractivity contribution in [3.8, 4) is 5.75 Å². The van der Waals surface area contributed by atoms with E-state index < -0.39 is 11.8 Å². The largest absolute Gasteiger partial charge is 0.507 e. The van der Waals surface area contributed by atoms with Gasteiger partial charge in [-0.05, 0) is 36.8 Å². The van der Waals surface area contributed by atoms with E-state index in [0.717, 1.165) is 5.56 Å². The van der Waals surface area contributed by atoms with E-state index in [9.17, 15) is 14.7 Å². The van der Waals surface area contributed by atoms with E-state index in [4.69, 9.17) is 5.73 Å². The minimum atomic E-state index is -0.826. The lowest BCUT2D eigenvalue weighted by Gasteiger charge is -2.11. The molecule has 126 valence electrons. The first-order valence-corrected chi connectivity index (χ1v) is 7.65. The Morgan fingerprint density at radius 2 is 1.52 bits per heavy atom. The molecule has 0 saturated heterocycles. The molecule has 5 N–H and O–H groups in total. The normalized spacial score (nSPS) is 10.4. The van der Waals surface area contributed by atoms with Gasteiger partial charge in [0, 0.05) is 16.5 Å². The molecule has 0 spiro atoms. The lowest BCUT2D eigenvalue weighted by Crippen LogP contribution is -2.29. The second-order valence-electron chi connectivity index (χ2n) is 5.68. The molecule has 0 atom stereocenters. The highest BCUT2D eigenvalue weighted by Crippen LogP contribution is 2.29. The van der Waals surface area contributed by atoms with Crippen LogP contribution in [0.1, 0.15) is 5.56 Å². The van der Waals surface area contributed by atoms with Crippen molar-refractivity contribution in [2.24, 2.45) is 0 Å². The van der Waals surface area contributed by atoms with Crippen LogP contribution < -0.4 is 16.4 Å². The number of phenolic OH excluding ortho intramolecular Hbond substituents is 1. The van der Waals surface area contributed by atoms with Crippen LogP contribution in [0.3, 0.4) is 0 Å². The minimum Gasteiger partial charge on any atom is -0.507 e. The van der Waals surface area contributed by atoms with Gasteiger partial charge in [0.15, 0.2) is 0 Å². The van der Waals surface area contributed by atoms with Crippen LogP contribution in [-0.4, -0.2) is 16.9 Å². The fraction of sp³-hybridized carbons (Fsp3) is 0.0526. The van der Waals surface area contributed by atoms with Gasteiger partial charge in [0.1, 0.15) is 5.75 Å². The second-order valence-corrected chi connectivity index (χ2v) is 5.68. The van der Waals surface area contributed by atoms with Crippen LogP contribution in [-0.2, 0) is 9.59 Å². The molecule has 0 aliphatic rings. The van der Waals surface area contributed by atoms with E-state index in [1.165, 1.54) is 0 Å². The summed E-state index contributed by atoms with van der Waals surface area (Å²) in [7, 11) is 0. The number of aromatic hydroxyl groups is 1. The number of benzene rings is 3. The molecule has 6 heteroatoms. The third-order valence-corrected chi connectivity index (χ3v) is 3.81. The molecule has 0 heterocycles. The number of carbonyl (C=O) groups is 2. The fourth-order valence-corrected chi connectivity index (χ4v) is 2.56. The number of aryl methyl sites for hydroxylation is 1. The van der Waals surface area contributed by atoms with Crippen LogP contribution in [0.25, 0.3) is 10.8 Å². The van der Waals surface area contributed by atoms with Gasteiger partial charge in [-0.3, -0.25) is 9.59 Å². The van der Waals surface area contributed by atoms with Gasteiger partial charge in [-0.25, -0.2) is 0 Å². The predicted molar refractivity (Wildman–Crippen MR) is 98.5 cm³/mol. The topological polar surface area (TPSA) is 104 Å². The van der Waals surface area contributed by atoms with Gasteiger partial charge >= 0.3 is 11.8 Å². The van der Waals surface area contributed by atoms with Crippen LogP contribution in [0.5, 0.6) is 5.75 Å². The van der Waals surface area contributed by atoms with Gasteiger partial charge < -0.3 is 21.5 Å². The molecule has 3 aromatic rings. The van der Waals surface area contributed by atoms with Crippen molar-refractivity contribution >= 4 is 39.6 Å². The summed E-state index contributed by atoms with van der Waals surface area (Å²) in [5.74, 6) is -1.55. The first kappa shape index (κ1) is 16.3. The van der Waals surface area contributed by atoms with Gasteiger partial charge in [-0.15, -0.1) is 0 Å². The number of anilines is 3. The Morgan fingerprint density at radius 1 is 0.880 bits per heavy atom. The van der Waals surface area contributed by atoms with Gasteiger partial charge in [0.05, 0.1) is 11.4 Å². The summed E-state index contributed by atoms with van der Waals surface area (Å²) in [5, 5.41) is 16.2. The lowest BCUT2D eigenvalue weighted by molar-refractivity contribution is -0.132. The van der Waals surface area contributed by atoms with E-state index in [1.807, 2.05) is 6.92 Å². The Labute approximate surface area is 144 Å². The second kappa shape index (κ2) is 6.52. The standard InChI is InChI=1S/C19H17N3O3/c1-11-8-9-16(14(20)10-11)22-19(25)18(24)21-15-6-2-5-13-12(15)4-3-7-17(13)23/h2-10,23H,20H2,1H3,(H,21,24)(H,22,25). The number of nitrogen functional groups attached to an aromatic ring is 1. The molecular formula is C19H17N3O3. The summed E-state index contributed by atoms with van der Waals surface area (Å²) in [5.41, 5.74) is 7.99. The van der Waals surface area contributed by atoms with Crippen molar-refractivity contribution in [3.63, 3.8) is 0 Å². The van der Waals surface area contributed by atoms with E-state index >= 15 is 0 Å². The summed E-state index contributed by atoms with van der Waals surface area (Å²) in [6.07, 6.45) is 0. The number of fused-ring (bicyclic) bond motifs is 1. The summed E-state index contributed by atoms with van der Waals surface area (Å²) >= 11 is 0. The molecule has 0 aliphatic carbocycles. The first-order chi connectivity index (χ1) is 12.0. The molecule has 3 aromatic carbocycles. The molecule has 2 amide bonds. The number of hydrogen-bond acceptors (Lipinski definition) is 4. The monoisotopic (exact) mass is 335 g/mol. The van der Waals surface area contributed by atoms with E-state index in [0.29, 0.717) is 27.8 Å². The third-order valence-electron chi connectivity index (χ3n) is 3.81. The maximum atomic E-state index is 12.2. The van der Waals surface area contributed by atoms with Crippen LogP contribution in [0.4, 0.5) is 17.1 Å². The summed E-state index contributed by atoms with van der Waals surface area (Å²) < 4.78 is 0. The summed E-state index contributed by atoms with van der Waals surface area (Å²) in [4.78, 5) is 24.3.